The molecule has 18 heteroatoms. The predicted molar refractivity (Wildman–Crippen MR) is 270 cm³/mol. The first kappa shape index (κ1) is 52.5. The van der Waals surface area contributed by atoms with Crippen molar-refractivity contribution in [3.8, 4) is 28.4 Å². The van der Waals surface area contributed by atoms with Gasteiger partial charge in [0.25, 0.3) is 5.91 Å². The number of benzene rings is 4. The number of aromatic hydroxyl groups is 2. The number of hydrogen-bond acceptors (Lipinski definition) is 16. The molecule has 0 bridgehead atoms. The highest BCUT2D eigenvalue weighted by Crippen LogP contribution is 2.52. The number of likely N-dealkylation sites (tertiary alicyclic amines) is 1. The molecule has 4 aromatic rings. The lowest BCUT2D eigenvalue weighted by Gasteiger charge is -2.42. The molecular formula is C55H63N5O13. The van der Waals surface area contributed by atoms with Crippen LogP contribution in [0, 0.1) is 0 Å². The van der Waals surface area contributed by atoms with Crippen LogP contribution in [-0.2, 0) is 25.5 Å². The topological polar surface area (TPSA) is 285 Å². The maximum atomic E-state index is 13.6. The van der Waals surface area contributed by atoms with E-state index >= 15 is 0 Å². The maximum absolute atomic E-state index is 13.6. The molecule has 0 aromatic heterocycles. The molecule has 3 aliphatic heterocycles. The van der Waals surface area contributed by atoms with Crippen LogP contribution >= 0.6 is 0 Å². The number of aliphatic imine (C=N–C) groups is 1. The van der Waals surface area contributed by atoms with E-state index in [9.17, 15) is 49.5 Å². The van der Waals surface area contributed by atoms with Crippen molar-refractivity contribution in [3.05, 3.63) is 111 Å². The van der Waals surface area contributed by atoms with Crippen LogP contribution in [0.1, 0.15) is 131 Å². The Bertz CT molecular complexity index is 2870. The Morgan fingerprint density at radius 1 is 0.932 bits per heavy atom. The Morgan fingerprint density at radius 2 is 1.60 bits per heavy atom. The summed E-state index contributed by atoms with van der Waals surface area (Å²) >= 11 is 0. The highest BCUT2D eigenvalue weighted by atomic mass is 16.7. The minimum absolute atomic E-state index is 0.0173. The van der Waals surface area contributed by atoms with Gasteiger partial charge in [-0.15, -0.1) is 0 Å². The van der Waals surface area contributed by atoms with Gasteiger partial charge in [0, 0.05) is 91.3 Å². The molecule has 9 N–H and O–H groups in total. The number of fused-ring (bicyclic) bond motifs is 4. The molecule has 18 nitrogen and oxygen atoms in total. The van der Waals surface area contributed by atoms with Crippen molar-refractivity contribution in [3.63, 3.8) is 0 Å². The van der Waals surface area contributed by atoms with Crippen LogP contribution in [0.25, 0.3) is 17.2 Å². The summed E-state index contributed by atoms with van der Waals surface area (Å²) < 4.78 is 17.0. The number of ether oxygens (including phenoxy) is 3. The number of amides is 2. The second-order valence-corrected chi connectivity index (χ2v) is 19.3. The third kappa shape index (κ3) is 10.3. The van der Waals surface area contributed by atoms with E-state index in [1.807, 2.05) is 58.3 Å². The van der Waals surface area contributed by atoms with E-state index in [2.05, 4.69) is 18.8 Å². The third-order valence-electron chi connectivity index (χ3n) is 14.2. The summed E-state index contributed by atoms with van der Waals surface area (Å²) in [5.74, 6) is -3.19. The first-order chi connectivity index (χ1) is 34.9. The van der Waals surface area contributed by atoms with Crippen molar-refractivity contribution >= 4 is 46.8 Å². The maximum Gasteiger partial charge on any atom is 0.253 e. The number of aliphatic hydroxyl groups is 3. The van der Waals surface area contributed by atoms with Crippen molar-refractivity contribution in [2.45, 2.75) is 108 Å². The van der Waals surface area contributed by atoms with Gasteiger partial charge in [0.05, 0.1) is 47.8 Å². The number of carbonyl (C=O) groups excluding carboxylic acids is 5. The van der Waals surface area contributed by atoms with Crippen molar-refractivity contribution in [2.24, 2.45) is 16.5 Å². The van der Waals surface area contributed by atoms with Gasteiger partial charge >= 0.3 is 0 Å². The number of amidine groups is 1. The van der Waals surface area contributed by atoms with Crippen molar-refractivity contribution < 1.29 is 63.7 Å². The Labute approximate surface area is 422 Å². The molecule has 2 fully saturated rings. The smallest absolute Gasteiger partial charge is 0.253 e. The molecule has 4 aromatic carbocycles. The Kier molecular flexibility index (Phi) is 15.6. The summed E-state index contributed by atoms with van der Waals surface area (Å²) in [5, 5.41) is 53.7. The SMILES string of the molecule is CCCN(CCC)C(=O)C1=Cc2ccc(-c3ccc(C(=O)N4CCCC4)cc3)cc2N=C(N)C1.COc1cccc2c1C(=O)c1c(O)c3c(c(O)c1C2=O)C[C@@](O)(C(=O)CO)C[C@@H]3O[C@H]1C[C@H](N)[C@H](O)[C@H](C)O1. The fraction of sp³-hybridized carbons (Fsp3) is 0.418. The van der Waals surface area contributed by atoms with E-state index in [0.717, 1.165) is 79.8 Å². The average Bonchev–Trinajstić information content (AvgIpc) is 3.87. The Balaban J connectivity index is 0.000000197. The molecule has 386 valence electrons. The molecular weight excluding hydrogens is 939 g/mol. The van der Waals surface area contributed by atoms with Crippen LogP contribution in [-0.4, -0.2) is 140 Å². The predicted octanol–water partition coefficient (Wildman–Crippen LogP) is 5.02. The lowest BCUT2D eigenvalue weighted by atomic mass is 9.72. The van der Waals surface area contributed by atoms with Crippen LogP contribution in [0.2, 0.25) is 0 Å². The first-order valence-corrected chi connectivity index (χ1v) is 24.8. The summed E-state index contributed by atoms with van der Waals surface area (Å²) in [6.45, 7) is 7.89. The molecule has 0 radical (unpaired) electrons. The van der Waals surface area contributed by atoms with Crippen molar-refractivity contribution in [1.29, 1.82) is 0 Å². The third-order valence-corrected chi connectivity index (χ3v) is 14.2. The number of hydrogen-bond donors (Lipinski definition) is 7. The average molecular weight is 1000 g/mol. The molecule has 2 amide bonds. The lowest BCUT2D eigenvalue weighted by Crippen LogP contribution is -2.53. The zero-order valence-electron chi connectivity index (χ0n) is 41.4. The van der Waals surface area contributed by atoms with Gasteiger partial charge in [0.15, 0.2) is 17.9 Å². The van der Waals surface area contributed by atoms with Gasteiger partial charge in [-0.2, -0.15) is 0 Å². The minimum atomic E-state index is -2.24. The number of methoxy groups -OCH3 is 1. The van der Waals surface area contributed by atoms with Gasteiger partial charge in [-0.3, -0.25) is 24.0 Å². The van der Waals surface area contributed by atoms with Crippen LogP contribution in [0.3, 0.4) is 0 Å². The van der Waals surface area contributed by atoms with Crippen LogP contribution in [0.5, 0.6) is 17.2 Å². The minimum Gasteiger partial charge on any atom is -0.507 e. The molecule has 3 heterocycles. The number of carbonyl (C=O) groups is 5. The number of aliphatic hydroxyl groups excluding tert-OH is 2. The number of phenols is 2. The fourth-order valence-electron chi connectivity index (χ4n) is 10.4. The monoisotopic (exact) mass is 1000 g/mol. The summed E-state index contributed by atoms with van der Waals surface area (Å²) in [6, 6.07) is 17.4. The van der Waals surface area contributed by atoms with Crippen molar-refractivity contribution in [1.82, 2.24) is 9.80 Å². The quantitative estimate of drug-likeness (QED) is 0.0809. The van der Waals surface area contributed by atoms with Gasteiger partial charge in [-0.25, -0.2) is 4.99 Å². The molecule has 9 rings (SSSR count). The number of Topliss-reactive ketones (excluding diaryl/α,β-unsaturated/α-hetero) is 1. The molecule has 73 heavy (non-hydrogen) atoms. The molecule has 0 spiro atoms. The normalized spacial score (nSPS) is 23.1. The van der Waals surface area contributed by atoms with Gasteiger partial charge in [0.2, 0.25) is 11.7 Å². The second-order valence-electron chi connectivity index (χ2n) is 19.3. The summed E-state index contributed by atoms with van der Waals surface area (Å²) in [4.78, 5) is 74.0. The van der Waals surface area contributed by atoms with Crippen LogP contribution < -0.4 is 16.2 Å². The molecule has 5 aliphatic rings. The zero-order chi connectivity index (χ0) is 52.5. The molecule has 2 aliphatic carbocycles. The summed E-state index contributed by atoms with van der Waals surface area (Å²) in [6.07, 6.45) is 1.17. The number of phenolic OH excluding ortho intramolecular Hbond substituents is 2. The van der Waals surface area contributed by atoms with Crippen LogP contribution in [0.4, 0.5) is 5.69 Å². The van der Waals surface area contributed by atoms with Gasteiger partial charge in [0.1, 0.15) is 35.3 Å². The molecule has 6 atom stereocenters. The number of ketones is 3. The standard InChI is InChI=1S/C28H34N4O2.C27H29NO11/c1-3-13-31(14-4-2)28(34)24-17-23-12-11-22(18-25(23)30-26(29)19-24)20-7-9-21(10-8-20)27(33)32-15-5-6-16-32;1-10-22(31)13(28)6-17(38-10)39-15-8-27(36,16(30)9-29)7-12-19(15)26(35)21-20(24(12)33)23(32)11-4-3-5-14(37-2)18(11)25(21)34/h7-12,17-18H,3-6,13-16,19H2,1-2H3,(H2,29,30);3-5,10,13,15,17,22,29,31,33,35-36H,6-9,28H2,1-2H3/t;10-,13-,15-,17-,22+,27-/m.0/s1. The lowest BCUT2D eigenvalue weighted by molar-refractivity contribution is -0.247. The number of nitrogens with zero attached hydrogens (tertiary/aromatic N) is 3. The van der Waals surface area contributed by atoms with E-state index in [0.29, 0.717) is 17.8 Å². The van der Waals surface area contributed by atoms with Gasteiger partial charge in [-0.1, -0.05) is 50.2 Å². The van der Waals surface area contributed by atoms with E-state index in [1.54, 1.807) is 6.92 Å². The highest BCUT2D eigenvalue weighted by Gasteiger charge is 2.50. The molecule has 0 saturated carbocycles. The molecule has 2 saturated heterocycles. The Morgan fingerprint density at radius 3 is 2.25 bits per heavy atom. The van der Waals surface area contributed by atoms with E-state index in [1.165, 1.54) is 25.3 Å². The fourth-order valence-corrected chi connectivity index (χ4v) is 10.4. The highest BCUT2D eigenvalue weighted by molar-refractivity contribution is 6.31. The van der Waals surface area contributed by atoms with E-state index in [4.69, 9.17) is 25.7 Å². The van der Waals surface area contributed by atoms with E-state index in [-0.39, 0.29) is 46.2 Å². The van der Waals surface area contributed by atoms with E-state index < -0.39 is 95.7 Å². The Hall–Kier alpha value is -6.80. The number of rotatable bonds is 12. The first-order valence-electron chi connectivity index (χ1n) is 24.8. The van der Waals surface area contributed by atoms with Gasteiger partial charge < -0.3 is 61.0 Å². The zero-order valence-corrected chi connectivity index (χ0v) is 41.4. The van der Waals surface area contributed by atoms with Gasteiger partial charge in [-0.05, 0) is 74.1 Å². The van der Waals surface area contributed by atoms with Crippen LogP contribution in [0.15, 0.2) is 71.2 Å². The molecule has 0 unspecified atom stereocenters. The largest absolute Gasteiger partial charge is 0.507 e. The number of nitrogens with two attached hydrogens (primary N) is 2. The second kappa shape index (κ2) is 21.7. The van der Waals surface area contributed by atoms with Crippen molar-refractivity contribution in [2.75, 3.05) is 39.9 Å². The summed E-state index contributed by atoms with van der Waals surface area (Å²) in [7, 11) is 1.32. The summed E-state index contributed by atoms with van der Waals surface area (Å²) in [5.41, 5.74) is 13.7.